The predicted octanol–water partition coefficient (Wildman–Crippen LogP) is 2.17. The summed E-state index contributed by atoms with van der Waals surface area (Å²) in [4.78, 5) is 37.5. The molecule has 1 saturated carbocycles. The molecule has 2 aromatic rings. The van der Waals surface area contributed by atoms with Crippen LogP contribution in [-0.4, -0.2) is 57.3 Å². The summed E-state index contributed by atoms with van der Waals surface area (Å²) in [6, 6.07) is 3.67. The van der Waals surface area contributed by atoms with Gasteiger partial charge < -0.3 is 24.5 Å². The van der Waals surface area contributed by atoms with Crippen molar-refractivity contribution in [3.63, 3.8) is 0 Å². The van der Waals surface area contributed by atoms with Crippen LogP contribution in [0.25, 0.3) is 11.3 Å². The van der Waals surface area contributed by atoms with Gasteiger partial charge in [-0.05, 0) is 37.5 Å². The molecule has 1 fully saturated rings. The largest absolute Gasteiger partial charge is 0.493 e. The zero-order valence-corrected chi connectivity index (χ0v) is 19.9. The number of methoxy groups -OCH3 is 1. The molecule has 11 heteroatoms. The molecule has 1 atom stereocenters. The Morgan fingerprint density at radius 2 is 1.88 bits per heavy atom. The second-order valence-electron chi connectivity index (χ2n) is 8.38. The van der Waals surface area contributed by atoms with Gasteiger partial charge in [0, 0.05) is 44.9 Å². The van der Waals surface area contributed by atoms with E-state index in [-0.39, 0.29) is 40.0 Å². The number of hydrogen-bond donors (Lipinski definition) is 2. The molecular weight excluding hydrogens is 464 g/mol. The molecule has 1 aromatic heterocycles. The number of hydrogen-bond acceptors (Lipinski definition) is 7. The zero-order chi connectivity index (χ0) is 24.8. The monoisotopic (exact) mass is 490 g/mol. The van der Waals surface area contributed by atoms with Gasteiger partial charge in [0.2, 0.25) is 0 Å². The lowest BCUT2D eigenvalue weighted by Crippen LogP contribution is -2.32. The molecule has 1 unspecified atom stereocenters. The molecular formula is C23H26N2O8S. The quantitative estimate of drug-likeness (QED) is 0.537. The minimum atomic E-state index is -3.96. The molecule has 0 bridgehead atoms. The number of carboxylic acid groups (broad SMARTS) is 1. The highest BCUT2D eigenvalue weighted by molar-refractivity contribution is 7.92. The average Bonchev–Trinajstić information content (AvgIpc) is 3.64. The van der Waals surface area contributed by atoms with E-state index in [2.05, 4.69) is 5.32 Å². The first kappa shape index (κ1) is 24.0. The van der Waals surface area contributed by atoms with Crippen LogP contribution >= 0.6 is 0 Å². The number of benzene rings is 1. The van der Waals surface area contributed by atoms with Gasteiger partial charge in [-0.15, -0.1) is 0 Å². The molecule has 1 amide bonds. The third-order valence-electron chi connectivity index (χ3n) is 6.17. The minimum absolute atomic E-state index is 0.0567. The molecule has 2 N–H and O–H groups in total. The zero-order valence-electron chi connectivity index (χ0n) is 19.1. The number of carbonyl (C=O) groups excluding carboxylic acids is 1. The number of rotatable bonds is 8. The Labute approximate surface area is 196 Å². The number of aromatic carboxylic acids is 1. The van der Waals surface area contributed by atoms with Crippen molar-refractivity contribution >= 4 is 21.7 Å². The maximum absolute atomic E-state index is 13.5. The first-order valence-electron chi connectivity index (χ1n) is 10.9. The average molecular weight is 491 g/mol. The lowest BCUT2D eigenvalue weighted by molar-refractivity contribution is 0.0693. The fraction of sp³-hybridized carbons (Fsp3) is 0.435. The van der Waals surface area contributed by atoms with Crippen LogP contribution in [0.1, 0.15) is 63.8 Å². The highest BCUT2D eigenvalue weighted by Gasteiger charge is 2.41. The molecule has 182 valence electrons. The SMILES string of the molecule is CNC(=O)c1cc2c(cc1OCCCOC)S(=O)(=O)C(C)c1cc(C(=O)O)c(=O)n(C3CC3)c1-2. The molecule has 2 heterocycles. The van der Waals surface area contributed by atoms with Crippen LogP contribution in [0, 0.1) is 0 Å². The molecule has 1 aliphatic carbocycles. The Bertz CT molecular complexity index is 1340. The standard InChI is InChI=1S/C23H26N2O8S/c1-12-14-9-17(23(28)29)22(27)25(13-5-6-13)20(14)16-10-15(21(26)24-2)18(33-8-4-7-32-3)11-19(16)34(12,30)31/h9-13H,4-8H2,1-3H3,(H,24,26)(H,28,29). The van der Waals surface area contributed by atoms with Crippen molar-refractivity contribution < 1.29 is 32.6 Å². The molecule has 10 nitrogen and oxygen atoms in total. The highest BCUT2D eigenvalue weighted by atomic mass is 32.2. The van der Waals surface area contributed by atoms with Crippen molar-refractivity contribution in [3.05, 3.63) is 45.2 Å². The van der Waals surface area contributed by atoms with Crippen LogP contribution in [-0.2, 0) is 14.6 Å². The van der Waals surface area contributed by atoms with Crippen molar-refractivity contribution in [2.24, 2.45) is 0 Å². The van der Waals surface area contributed by atoms with Gasteiger partial charge in [0.05, 0.1) is 28.0 Å². The van der Waals surface area contributed by atoms with Crippen molar-refractivity contribution in [3.8, 4) is 17.0 Å². The van der Waals surface area contributed by atoms with E-state index in [1.807, 2.05) is 0 Å². The third kappa shape index (κ3) is 3.88. The number of sulfone groups is 1. The van der Waals surface area contributed by atoms with E-state index in [0.717, 1.165) is 6.07 Å². The molecule has 34 heavy (non-hydrogen) atoms. The van der Waals surface area contributed by atoms with E-state index in [1.54, 1.807) is 7.11 Å². The van der Waals surface area contributed by atoms with E-state index in [1.165, 1.54) is 30.7 Å². The van der Waals surface area contributed by atoms with Gasteiger partial charge in [-0.1, -0.05) is 0 Å². The summed E-state index contributed by atoms with van der Waals surface area (Å²) in [6.07, 6.45) is 1.88. The van der Waals surface area contributed by atoms with Gasteiger partial charge in [-0.3, -0.25) is 9.59 Å². The third-order valence-corrected chi connectivity index (χ3v) is 8.31. The number of nitrogens with zero attached hydrogens (tertiary/aromatic N) is 1. The Kier molecular flexibility index (Phi) is 6.26. The van der Waals surface area contributed by atoms with Crippen LogP contribution in [0.2, 0.25) is 0 Å². The van der Waals surface area contributed by atoms with Gasteiger partial charge in [-0.2, -0.15) is 0 Å². The maximum Gasteiger partial charge on any atom is 0.341 e. The van der Waals surface area contributed by atoms with E-state index in [9.17, 15) is 27.9 Å². The van der Waals surface area contributed by atoms with Crippen LogP contribution in [0.5, 0.6) is 5.75 Å². The molecule has 0 saturated heterocycles. The number of aromatic nitrogens is 1. The topological polar surface area (TPSA) is 141 Å². The molecule has 2 aliphatic rings. The summed E-state index contributed by atoms with van der Waals surface area (Å²) in [5.74, 6) is -1.79. The number of carboxylic acids is 1. The Morgan fingerprint density at radius 1 is 1.18 bits per heavy atom. The molecule has 4 rings (SSSR count). The lowest BCUT2D eigenvalue weighted by atomic mass is 9.97. The highest BCUT2D eigenvalue weighted by Crippen LogP contribution is 2.49. The molecule has 1 aliphatic heterocycles. The summed E-state index contributed by atoms with van der Waals surface area (Å²) in [6.45, 7) is 2.11. The van der Waals surface area contributed by atoms with Crippen molar-refractivity contribution in [2.75, 3.05) is 27.4 Å². The number of nitrogens with one attached hydrogen (secondary N) is 1. The van der Waals surface area contributed by atoms with Gasteiger partial charge >= 0.3 is 5.97 Å². The van der Waals surface area contributed by atoms with Gasteiger partial charge in [0.15, 0.2) is 9.84 Å². The Hall–Kier alpha value is -3.18. The minimum Gasteiger partial charge on any atom is -0.493 e. The number of amides is 1. The van der Waals surface area contributed by atoms with Crippen molar-refractivity contribution in [2.45, 2.75) is 42.4 Å². The van der Waals surface area contributed by atoms with E-state index in [0.29, 0.717) is 31.6 Å². The molecule has 0 radical (unpaired) electrons. The maximum atomic E-state index is 13.5. The number of fused-ring (bicyclic) bond motifs is 3. The fourth-order valence-electron chi connectivity index (χ4n) is 4.24. The molecule has 0 spiro atoms. The summed E-state index contributed by atoms with van der Waals surface area (Å²) < 4.78 is 39.1. The van der Waals surface area contributed by atoms with E-state index < -0.39 is 38.1 Å². The van der Waals surface area contributed by atoms with E-state index >= 15 is 0 Å². The smallest absolute Gasteiger partial charge is 0.341 e. The summed E-state index contributed by atoms with van der Waals surface area (Å²) in [5.41, 5.74) is -0.282. The normalized spacial score (nSPS) is 18.0. The Morgan fingerprint density at radius 3 is 2.47 bits per heavy atom. The second-order valence-corrected chi connectivity index (χ2v) is 10.6. The first-order chi connectivity index (χ1) is 16.1. The number of pyridine rings is 1. The van der Waals surface area contributed by atoms with Gasteiger partial charge in [0.1, 0.15) is 11.3 Å². The summed E-state index contributed by atoms with van der Waals surface area (Å²) in [7, 11) is -0.965. The summed E-state index contributed by atoms with van der Waals surface area (Å²) >= 11 is 0. The van der Waals surface area contributed by atoms with Gasteiger partial charge in [0.25, 0.3) is 11.5 Å². The summed E-state index contributed by atoms with van der Waals surface area (Å²) in [5, 5.41) is 11.0. The van der Waals surface area contributed by atoms with Crippen LogP contribution in [0.3, 0.4) is 0 Å². The van der Waals surface area contributed by atoms with Crippen LogP contribution in [0.15, 0.2) is 27.9 Å². The van der Waals surface area contributed by atoms with Crippen LogP contribution in [0.4, 0.5) is 0 Å². The fourth-order valence-corrected chi connectivity index (χ4v) is 5.87. The van der Waals surface area contributed by atoms with Gasteiger partial charge in [-0.25, -0.2) is 13.2 Å². The lowest BCUT2D eigenvalue weighted by Gasteiger charge is -2.29. The Balaban J connectivity index is 2.02. The predicted molar refractivity (Wildman–Crippen MR) is 122 cm³/mol. The number of ether oxygens (including phenoxy) is 2. The van der Waals surface area contributed by atoms with Crippen LogP contribution < -0.4 is 15.6 Å². The van der Waals surface area contributed by atoms with E-state index in [4.69, 9.17) is 9.47 Å². The first-order valence-corrected chi connectivity index (χ1v) is 12.5. The number of carbonyl (C=O) groups is 2. The second kappa shape index (κ2) is 8.88. The van der Waals surface area contributed by atoms with Crippen molar-refractivity contribution in [1.82, 2.24) is 9.88 Å². The molecule has 1 aromatic carbocycles. The van der Waals surface area contributed by atoms with Crippen molar-refractivity contribution in [1.29, 1.82) is 0 Å².